The Bertz CT molecular complexity index is 878. The SMILES string of the molecule is CC=O.CNC1CN(c2ccc(N3CCN(C(=O)NCCCCCC(=O)O)CC3)c(F)c2)C(=O)O1. The van der Waals surface area contributed by atoms with E-state index in [1.165, 1.54) is 17.9 Å². The molecule has 12 heteroatoms. The third-order valence-electron chi connectivity index (χ3n) is 5.63. The lowest BCUT2D eigenvalue weighted by Gasteiger charge is -2.36. The number of urea groups is 1. The molecule has 3 N–H and O–H groups in total. The van der Waals surface area contributed by atoms with Crippen LogP contribution < -0.4 is 20.4 Å². The molecule has 0 saturated carbocycles. The Balaban J connectivity index is 0.00000137. The molecule has 1 aromatic carbocycles. The molecule has 0 radical (unpaired) electrons. The maximum Gasteiger partial charge on any atom is 0.416 e. The minimum Gasteiger partial charge on any atom is -0.481 e. The van der Waals surface area contributed by atoms with E-state index in [2.05, 4.69) is 10.6 Å². The van der Waals surface area contributed by atoms with Gasteiger partial charge in [-0.1, -0.05) is 6.42 Å². The van der Waals surface area contributed by atoms with Gasteiger partial charge in [-0.05, 0) is 45.0 Å². The summed E-state index contributed by atoms with van der Waals surface area (Å²) in [5.74, 6) is -1.23. The summed E-state index contributed by atoms with van der Waals surface area (Å²) in [6.45, 7) is 4.18. The average molecular weight is 496 g/mol. The van der Waals surface area contributed by atoms with Crippen molar-refractivity contribution in [2.24, 2.45) is 0 Å². The molecule has 3 amide bonds. The molecule has 1 aromatic rings. The Kier molecular flexibility index (Phi) is 11.2. The number of cyclic esters (lactones) is 1. The van der Waals surface area contributed by atoms with Gasteiger partial charge in [-0.15, -0.1) is 0 Å². The zero-order chi connectivity index (χ0) is 25.8. The average Bonchev–Trinajstić information content (AvgIpc) is 3.22. The molecule has 2 fully saturated rings. The first-order valence-electron chi connectivity index (χ1n) is 11.6. The van der Waals surface area contributed by atoms with E-state index >= 15 is 0 Å². The molecule has 2 heterocycles. The van der Waals surface area contributed by atoms with Gasteiger partial charge in [0.15, 0.2) is 6.23 Å². The number of piperazine rings is 1. The monoisotopic (exact) mass is 495 g/mol. The van der Waals surface area contributed by atoms with Crippen LogP contribution in [0.2, 0.25) is 0 Å². The fourth-order valence-corrected chi connectivity index (χ4v) is 3.78. The summed E-state index contributed by atoms with van der Waals surface area (Å²) < 4.78 is 19.9. The normalized spacial score (nSPS) is 17.4. The van der Waals surface area contributed by atoms with Crippen LogP contribution in [0.1, 0.15) is 32.6 Å². The van der Waals surface area contributed by atoms with Crippen molar-refractivity contribution in [3.05, 3.63) is 24.0 Å². The largest absolute Gasteiger partial charge is 0.481 e. The van der Waals surface area contributed by atoms with Gasteiger partial charge < -0.3 is 29.8 Å². The first-order valence-corrected chi connectivity index (χ1v) is 11.6. The second-order valence-electron chi connectivity index (χ2n) is 8.05. The Morgan fingerprint density at radius 1 is 1.20 bits per heavy atom. The van der Waals surface area contributed by atoms with Gasteiger partial charge in [0.05, 0.1) is 17.9 Å². The molecule has 3 rings (SSSR count). The van der Waals surface area contributed by atoms with Crippen molar-refractivity contribution in [2.75, 3.05) is 56.1 Å². The van der Waals surface area contributed by atoms with E-state index in [4.69, 9.17) is 14.6 Å². The zero-order valence-electron chi connectivity index (χ0n) is 20.2. The molecule has 0 aromatic heterocycles. The second-order valence-corrected chi connectivity index (χ2v) is 8.05. The maximum atomic E-state index is 14.8. The predicted molar refractivity (Wildman–Crippen MR) is 128 cm³/mol. The van der Waals surface area contributed by atoms with Gasteiger partial charge in [0.2, 0.25) is 0 Å². The smallest absolute Gasteiger partial charge is 0.416 e. The number of nitrogens with one attached hydrogen (secondary N) is 2. The molecule has 2 aliphatic rings. The van der Waals surface area contributed by atoms with Crippen LogP contribution in [0, 0.1) is 5.82 Å². The number of carboxylic acids is 1. The number of carboxylic acid groups (broad SMARTS) is 1. The van der Waals surface area contributed by atoms with Gasteiger partial charge >= 0.3 is 18.1 Å². The Hall–Kier alpha value is -3.41. The molecule has 35 heavy (non-hydrogen) atoms. The van der Waals surface area contributed by atoms with Crippen LogP contribution in [0.3, 0.4) is 0 Å². The molecular weight excluding hydrogens is 461 g/mol. The van der Waals surface area contributed by atoms with Crippen LogP contribution in [-0.4, -0.2) is 86.9 Å². The maximum absolute atomic E-state index is 14.8. The number of ether oxygens (including phenoxy) is 1. The number of hydrogen-bond acceptors (Lipinski definition) is 7. The van der Waals surface area contributed by atoms with Crippen molar-refractivity contribution in [2.45, 2.75) is 38.8 Å². The number of carbonyl (C=O) groups is 4. The number of aliphatic carboxylic acids is 1. The van der Waals surface area contributed by atoms with E-state index < -0.39 is 24.1 Å². The van der Waals surface area contributed by atoms with Crippen LogP contribution in [-0.2, 0) is 14.3 Å². The second kappa shape index (κ2) is 14.1. The molecule has 0 aliphatic carbocycles. The quantitative estimate of drug-likeness (QED) is 0.350. The fraction of sp³-hybridized carbons (Fsp3) is 0.565. The van der Waals surface area contributed by atoms with Crippen LogP contribution in [0.25, 0.3) is 0 Å². The highest BCUT2D eigenvalue weighted by atomic mass is 19.1. The first-order chi connectivity index (χ1) is 16.8. The van der Waals surface area contributed by atoms with E-state index in [9.17, 15) is 18.8 Å². The van der Waals surface area contributed by atoms with Crippen molar-refractivity contribution >= 4 is 35.8 Å². The lowest BCUT2D eigenvalue weighted by atomic mass is 10.2. The Morgan fingerprint density at radius 2 is 1.89 bits per heavy atom. The van der Waals surface area contributed by atoms with Gasteiger partial charge in [0.25, 0.3) is 0 Å². The summed E-state index contributed by atoms with van der Waals surface area (Å²) in [6, 6.07) is 4.52. The van der Waals surface area contributed by atoms with Crippen LogP contribution in [0.4, 0.5) is 25.4 Å². The Morgan fingerprint density at radius 3 is 2.46 bits per heavy atom. The summed E-state index contributed by atoms with van der Waals surface area (Å²) in [7, 11) is 1.69. The van der Waals surface area contributed by atoms with Gasteiger partial charge in [0, 0.05) is 39.1 Å². The summed E-state index contributed by atoms with van der Waals surface area (Å²) in [6.07, 6.45) is 2.04. The third-order valence-corrected chi connectivity index (χ3v) is 5.63. The van der Waals surface area contributed by atoms with Gasteiger partial charge in [-0.2, -0.15) is 0 Å². The molecular formula is C23H34FN5O6. The highest BCUT2D eigenvalue weighted by Gasteiger charge is 2.32. The van der Waals surface area contributed by atoms with E-state index in [0.29, 0.717) is 57.1 Å². The standard InChI is InChI=1S/C21H30FN5O5.C2H4O/c1-23-18-14-27(21(31)32-18)15-6-7-17(16(22)13-15)25-9-11-26(12-10-25)20(30)24-8-4-2-3-5-19(28)29;1-2-3/h6-7,13,18,23H,2-5,8-12,14H2,1H3,(H,24,30)(H,28,29);2H,1H3. The molecule has 11 nitrogen and oxygen atoms in total. The number of benzene rings is 1. The molecule has 0 spiro atoms. The number of hydrogen-bond donors (Lipinski definition) is 3. The Labute approximate surface area is 204 Å². The topological polar surface area (TPSA) is 132 Å². The highest BCUT2D eigenvalue weighted by molar-refractivity contribution is 5.90. The van der Waals surface area contributed by atoms with Crippen LogP contribution >= 0.6 is 0 Å². The van der Waals surface area contributed by atoms with E-state index in [0.717, 1.165) is 19.1 Å². The number of aldehydes is 1. The minimum absolute atomic E-state index is 0.145. The van der Waals surface area contributed by atoms with Crippen LogP contribution in [0.15, 0.2) is 18.2 Å². The lowest BCUT2D eigenvalue weighted by molar-refractivity contribution is -0.137. The van der Waals surface area contributed by atoms with Crippen LogP contribution in [0.5, 0.6) is 0 Å². The van der Waals surface area contributed by atoms with Crippen molar-refractivity contribution < 1.29 is 33.4 Å². The fourth-order valence-electron chi connectivity index (χ4n) is 3.78. The molecule has 2 aliphatic heterocycles. The number of unbranched alkanes of at least 4 members (excludes halogenated alkanes) is 2. The van der Waals surface area contributed by atoms with Gasteiger partial charge in [0.1, 0.15) is 12.1 Å². The zero-order valence-corrected chi connectivity index (χ0v) is 20.2. The van der Waals surface area contributed by atoms with E-state index in [-0.39, 0.29) is 12.5 Å². The van der Waals surface area contributed by atoms with Crippen molar-refractivity contribution in [1.29, 1.82) is 0 Å². The molecule has 1 unspecified atom stereocenters. The van der Waals surface area contributed by atoms with Crippen molar-refractivity contribution in [1.82, 2.24) is 15.5 Å². The number of halogens is 1. The first kappa shape index (κ1) is 27.8. The number of rotatable bonds is 9. The van der Waals surface area contributed by atoms with Gasteiger partial charge in [-0.25, -0.2) is 14.0 Å². The molecule has 2 saturated heterocycles. The lowest BCUT2D eigenvalue weighted by Crippen LogP contribution is -2.52. The predicted octanol–water partition coefficient (Wildman–Crippen LogP) is 2.01. The number of nitrogens with zero attached hydrogens (tertiary/aromatic N) is 3. The summed E-state index contributed by atoms with van der Waals surface area (Å²) >= 11 is 0. The molecule has 0 bridgehead atoms. The summed E-state index contributed by atoms with van der Waals surface area (Å²) in [5.41, 5.74) is 0.875. The number of carbonyl (C=O) groups excluding carboxylic acids is 3. The number of anilines is 2. The summed E-state index contributed by atoms with van der Waals surface area (Å²) in [4.78, 5) is 48.5. The minimum atomic E-state index is -0.807. The van der Waals surface area contributed by atoms with Crippen molar-refractivity contribution in [3.63, 3.8) is 0 Å². The van der Waals surface area contributed by atoms with Crippen molar-refractivity contribution in [3.8, 4) is 0 Å². The number of amides is 3. The van der Waals surface area contributed by atoms with E-state index in [1.807, 2.05) is 4.90 Å². The molecule has 194 valence electrons. The third kappa shape index (κ3) is 8.39. The van der Waals surface area contributed by atoms with E-state index in [1.54, 1.807) is 24.1 Å². The van der Waals surface area contributed by atoms with Gasteiger partial charge in [-0.3, -0.25) is 15.0 Å². The summed E-state index contributed by atoms with van der Waals surface area (Å²) in [5, 5.41) is 14.3. The highest BCUT2D eigenvalue weighted by Crippen LogP contribution is 2.28. The molecule has 1 atom stereocenters. The number of likely N-dealkylation sites (N-methyl/N-ethyl adjacent to an activating group) is 1.